The monoisotopic (exact) mass is 251 g/mol. The number of benzene rings is 1. The molecule has 0 fully saturated rings. The minimum absolute atomic E-state index is 0.0205. The Bertz CT molecular complexity index is 400. The van der Waals surface area contributed by atoms with E-state index < -0.39 is 0 Å². The van der Waals surface area contributed by atoms with Gasteiger partial charge in [-0.1, -0.05) is 12.1 Å². The molecule has 18 heavy (non-hydrogen) atoms. The minimum Gasteiger partial charge on any atom is -0.469 e. The molecule has 2 N–H and O–H groups in total. The van der Waals surface area contributed by atoms with Crippen LogP contribution in [0.4, 0.5) is 5.69 Å². The van der Waals surface area contributed by atoms with Crippen LogP contribution in [-0.2, 0) is 20.9 Å². The number of nitrogens with one attached hydrogen (secondary N) is 1. The Hall–Kier alpha value is -1.88. The molecule has 0 radical (unpaired) electrons. The molecule has 0 saturated carbocycles. The topological polar surface area (TPSA) is 75.6 Å². The van der Waals surface area contributed by atoms with Crippen LogP contribution in [-0.4, -0.2) is 24.1 Å². The first-order valence-electron chi connectivity index (χ1n) is 5.72. The Morgan fingerprint density at radius 3 is 2.44 bits per heavy atom. The molecule has 1 aromatic rings. The highest BCUT2D eigenvalue weighted by Gasteiger charge is 2.05. The maximum absolute atomic E-state index is 11.5. The smallest absolute Gasteiger partial charge is 0.305 e. The highest BCUT2D eigenvalue weighted by Crippen LogP contribution is 2.10. The van der Waals surface area contributed by atoms with Gasteiger partial charge in [-0.15, -0.1) is 0 Å². The van der Waals surface area contributed by atoms with Crippen LogP contribution >= 0.6 is 0 Å². The van der Waals surface area contributed by atoms with E-state index in [0.717, 1.165) is 5.56 Å². The number of hydrogen-bond acceptors (Lipinski definition) is 4. The van der Waals surface area contributed by atoms with E-state index in [9.17, 15) is 9.59 Å². The van der Waals surface area contributed by atoms with E-state index in [4.69, 9.17) is 5.11 Å². The van der Waals surface area contributed by atoms with Crippen LogP contribution < -0.4 is 5.32 Å². The molecule has 1 amide bonds. The second-order valence-corrected chi connectivity index (χ2v) is 3.83. The number of carbonyl (C=O) groups excluding carboxylic acids is 2. The summed E-state index contributed by atoms with van der Waals surface area (Å²) in [5, 5.41) is 11.6. The number of rotatable bonds is 6. The number of hydrogen-bond donors (Lipinski definition) is 2. The van der Waals surface area contributed by atoms with E-state index in [2.05, 4.69) is 10.1 Å². The third-order valence-corrected chi connectivity index (χ3v) is 2.43. The van der Waals surface area contributed by atoms with Crippen LogP contribution in [0.2, 0.25) is 0 Å². The van der Waals surface area contributed by atoms with Crippen molar-refractivity contribution in [1.29, 1.82) is 0 Å². The van der Waals surface area contributed by atoms with Gasteiger partial charge in [0.2, 0.25) is 5.91 Å². The molecule has 0 saturated heterocycles. The van der Waals surface area contributed by atoms with Gasteiger partial charge in [-0.05, 0) is 24.1 Å². The van der Waals surface area contributed by atoms with E-state index >= 15 is 0 Å². The Morgan fingerprint density at radius 1 is 1.22 bits per heavy atom. The number of esters is 1. The Labute approximate surface area is 106 Å². The number of aliphatic hydroxyl groups is 1. The van der Waals surface area contributed by atoms with Gasteiger partial charge in [0.25, 0.3) is 0 Å². The molecule has 98 valence electrons. The minimum atomic E-state index is -0.310. The fraction of sp³-hybridized carbons (Fsp3) is 0.385. The van der Waals surface area contributed by atoms with Crippen LogP contribution in [0, 0.1) is 0 Å². The van der Waals surface area contributed by atoms with Crippen molar-refractivity contribution in [2.45, 2.75) is 25.9 Å². The van der Waals surface area contributed by atoms with Gasteiger partial charge in [0.05, 0.1) is 13.7 Å². The fourth-order valence-electron chi connectivity index (χ4n) is 1.41. The molecule has 1 aromatic carbocycles. The van der Waals surface area contributed by atoms with Gasteiger partial charge in [-0.2, -0.15) is 0 Å². The number of aliphatic hydroxyl groups excluding tert-OH is 1. The van der Waals surface area contributed by atoms with Gasteiger partial charge < -0.3 is 15.2 Å². The summed E-state index contributed by atoms with van der Waals surface area (Å²) in [6.45, 7) is -0.0205. The molecule has 1 rings (SSSR count). The van der Waals surface area contributed by atoms with Crippen molar-refractivity contribution < 1.29 is 19.4 Å². The van der Waals surface area contributed by atoms with Crippen LogP contribution in [0.3, 0.4) is 0 Å². The third-order valence-electron chi connectivity index (χ3n) is 2.43. The first-order chi connectivity index (χ1) is 8.65. The van der Waals surface area contributed by atoms with E-state index in [1.807, 2.05) is 0 Å². The zero-order chi connectivity index (χ0) is 13.4. The number of methoxy groups -OCH3 is 1. The van der Waals surface area contributed by atoms with Crippen LogP contribution in [0.5, 0.6) is 0 Å². The van der Waals surface area contributed by atoms with E-state index in [1.54, 1.807) is 24.3 Å². The van der Waals surface area contributed by atoms with Crippen LogP contribution in [0.15, 0.2) is 24.3 Å². The largest absolute Gasteiger partial charge is 0.469 e. The lowest BCUT2D eigenvalue weighted by Gasteiger charge is -2.05. The molecule has 0 atom stereocenters. The van der Waals surface area contributed by atoms with Gasteiger partial charge in [0, 0.05) is 18.5 Å². The molecular formula is C13H17NO4. The molecule has 0 aliphatic rings. The molecule has 5 heteroatoms. The van der Waals surface area contributed by atoms with Crippen molar-refractivity contribution in [1.82, 2.24) is 0 Å². The highest BCUT2D eigenvalue weighted by atomic mass is 16.5. The van der Waals surface area contributed by atoms with E-state index in [0.29, 0.717) is 12.1 Å². The van der Waals surface area contributed by atoms with Crippen molar-refractivity contribution in [2.75, 3.05) is 12.4 Å². The van der Waals surface area contributed by atoms with Crippen LogP contribution in [0.1, 0.15) is 24.8 Å². The Balaban J connectivity index is 2.32. The molecule has 0 aromatic heterocycles. The first kappa shape index (κ1) is 14.2. The molecule has 0 bridgehead atoms. The van der Waals surface area contributed by atoms with Gasteiger partial charge in [0.1, 0.15) is 0 Å². The Kier molecular flexibility index (Phi) is 5.87. The lowest BCUT2D eigenvalue weighted by atomic mass is 10.2. The molecule has 0 unspecified atom stereocenters. The summed E-state index contributed by atoms with van der Waals surface area (Å²) in [5.74, 6) is -0.453. The van der Waals surface area contributed by atoms with Crippen molar-refractivity contribution in [3.63, 3.8) is 0 Å². The lowest BCUT2D eigenvalue weighted by Crippen LogP contribution is -2.12. The van der Waals surface area contributed by atoms with Crippen molar-refractivity contribution >= 4 is 17.6 Å². The molecule has 0 heterocycles. The summed E-state index contributed by atoms with van der Waals surface area (Å²) in [7, 11) is 1.32. The summed E-state index contributed by atoms with van der Waals surface area (Å²) in [6.07, 6.45) is 0.984. The molecule has 5 nitrogen and oxygen atoms in total. The van der Waals surface area contributed by atoms with Gasteiger partial charge >= 0.3 is 5.97 Å². The quantitative estimate of drug-likeness (QED) is 0.750. The third kappa shape index (κ3) is 4.97. The molecular weight excluding hydrogens is 234 g/mol. The zero-order valence-corrected chi connectivity index (χ0v) is 10.3. The normalized spacial score (nSPS) is 9.89. The molecule has 0 spiro atoms. The summed E-state index contributed by atoms with van der Waals surface area (Å²) in [6, 6.07) is 6.93. The maximum Gasteiger partial charge on any atom is 0.305 e. The number of carbonyl (C=O) groups is 2. The summed E-state index contributed by atoms with van der Waals surface area (Å²) >= 11 is 0. The van der Waals surface area contributed by atoms with Crippen LogP contribution in [0.25, 0.3) is 0 Å². The lowest BCUT2D eigenvalue weighted by molar-refractivity contribution is -0.140. The highest BCUT2D eigenvalue weighted by molar-refractivity contribution is 5.90. The second kappa shape index (κ2) is 7.45. The zero-order valence-electron chi connectivity index (χ0n) is 10.3. The maximum atomic E-state index is 11.5. The molecule has 0 aliphatic carbocycles. The number of amides is 1. The van der Waals surface area contributed by atoms with Gasteiger partial charge in [-0.25, -0.2) is 0 Å². The fourth-order valence-corrected chi connectivity index (χ4v) is 1.41. The van der Waals surface area contributed by atoms with Crippen molar-refractivity contribution in [3.8, 4) is 0 Å². The predicted molar refractivity (Wildman–Crippen MR) is 66.9 cm³/mol. The van der Waals surface area contributed by atoms with E-state index in [-0.39, 0.29) is 31.3 Å². The van der Waals surface area contributed by atoms with Crippen molar-refractivity contribution in [2.24, 2.45) is 0 Å². The summed E-state index contributed by atoms with van der Waals surface area (Å²) in [4.78, 5) is 22.4. The summed E-state index contributed by atoms with van der Waals surface area (Å²) in [5.41, 5.74) is 1.47. The average molecular weight is 251 g/mol. The van der Waals surface area contributed by atoms with Gasteiger partial charge in [0.15, 0.2) is 0 Å². The predicted octanol–water partition coefficient (Wildman–Crippen LogP) is 1.46. The average Bonchev–Trinajstić information content (AvgIpc) is 2.39. The second-order valence-electron chi connectivity index (χ2n) is 3.83. The Morgan fingerprint density at radius 2 is 1.89 bits per heavy atom. The number of anilines is 1. The first-order valence-corrected chi connectivity index (χ1v) is 5.72. The number of ether oxygens (including phenoxy) is 1. The molecule has 0 aliphatic heterocycles. The van der Waals surface area contributed by atoms with E-state index in [1.165, 1.54) is 7.11 Å². The van der Waals surface area contributed by atoms with Crippen molar-refractivity contribution in [3.05, 3.63) is 29.8 Å². The van der Waals surface area contributed by atoms with Gasteiger partial charge in [-0.3, -0.25) is 9.59 Å². The summed E-state index contributed by atoms with van der Waals surface area (Å²) < 4.78 is 4.48. The SMILES string of the molecule is COC(=O)CCCC(=O)Nc1ccc(CO)cc1. The standard InChI is InChI=1S/C13H17NO4/c1-18-13(17)4-2-3-12(16)14-11-7-5-10(9-15)6-8-11/h5-8,15H,2-4,9H2,1H3,(H,14,16).